The molecule has 0 atom stereocenters. The van der Waals surface area contributed by atoms with Crippen molar-refractivity contribution in [2.45, 2.75) is 91.9 Å². The van der Waals surface area contributed by atoms with Gasteiger partial charge in [0, 0.05) is 22.3 Å². The molecule has 0 saturated heterocycles. The molecule has 0 amide bonds. The van der Waals surface area contributed by atoms with Crippen LogP contribution in [0.5, 0.6) is 0 Å². The van der Waals surface area contributed by atoms with Crippen LogP contribution in [0.4, 0.5) is 0 Å². The lowest BCUT2D eigenvalue weighted by atomic mass is 9.91. The predicted molar refractivity (Wildman–Crippen MR) is 137 cm³/mol. The molecule has 170 valence electrons. The average molecular weight is 429 g/mol. The molecule has 2 aromatic carbocycles. The molecular weight excluding hydrogens is 388 g/mol. The smallest absolute Gasteiger partial charge is 0.211 e. The van der Waals surface area contributed by atoms with Gasteiger partial charge in [-0.15, -0.1) is 0 Å². The van der Waals surface area contributed by atoms with Crippen LogP contribution in [0, 0.1) is 6.92 Å². The number of unbranched alkanes of at least 4 members (excludes halogenated alkanes) is 4. The fraction of sp³-hybridized carbons (Fsp3) is 0.467. The van der Waals surface area contributed by atoms with Gasteiger partial charge in [-0.1, -0.05) is 76.3 Å². The van der Waals surface area contributed by atoms with Gasteiger partial charge in [0.2, 0.25) is 11.4 Å². The minimum Gasteiger partial charge on any atom is -0.493 e. The van der Waals surface area contributed by atoms with E-state index < -0.39 is 0 Å². The lowest BCUT2D eigenvalue weighted by Crippen LogP contribution is -2.03. The van der Waals surface area contributed by atoms with Crippen molar-refractivity contribution >= 4 is 11.4 Å². The maximum atomic E-state index is 11.6. The Bertz CT molecular complexity index is 993. The van der Waals surface area contributed by atoms with Gasteiger partial charge in [-0.3, -0.25) is 0 Å². The number of hydrogen-bond donors (Lipinski definition) is 0. The molecule has 0 fully saturated rings. The molecule has 0 radical (unpaired) electrons. The first kappa shape index (κ1) is 24.2. The average Bonchev–Trinajstić information content (AvgIpc) is 3.07. The minimum absolute atomic E-state index is 0.991. The van der Waals surface area contributed by atoms with E-state index in [1.165, 1.54) is 52.7 Å². The van der Waals surface area contributed by atoms with Gasteiger partial charge in [0.05, 0.1) is 0 Å². The van der Waals surface area contributed by atoms with Crippen LogP contribution in [0.1, 0.15) is 101 Å². The van der Waals surface area contributed by atoms with Gasteiger partial charge >= 0.3 is 0 Å². The molecule has 2 nitrogen and oxygen atoms in total. The van der Waals surface area contributed by atoms with Crippen LogP contribution in [0.2, 0.25) is 0 Å². The summed E-state index contributed by atoms with van der Waals surface area (Å²) in [5.74, 6) is 0. The molecule has 1 aliphatic rings. The van der Waals surface area contributed by atoms with Crippen LogP contribution in [0.3, 0.4) is 0 Å². The Labute approximate surface area is 195 Å². The highest BCUT2D eigenvalue weighted by Crippen LogP contribution is 2.44. The SMILES string of the molecule is CCCCCC1=C(c2cccc(C)c2)[N+](=[N-])C(c2cccc(CCCC)c2)=C1CCCC. The maximum absolute atomic E-state index is 11.6. The Balaban J connectivity index is 2.12. The summed E-state index contributed by atoms with van der Waals surface area (Å²) in [5.41, 5.74) is 21.1. The third-order valence-corrected chi connectivity index (χ3v) is 6.48. The highest BCUT2D eigenvalue weighted by molar-refractivity contribution is 5.82. The van der Waals surface area contributed by atoms with Gasteiger partial charge in [0.25, 0.3) is 0 Å². The first-order chi connectivity index (χ1) is 15.6. The van der Waals surface area contributed by atoms with Crippen molar-refractivity contribution in [3.63, 3.8) is 0 Å². The molecule has 0 aromatic heterocycles. The Morgan fingerprint density at radius 3 is 1.84 bits per heavy atom. The molecule has 1 heterocycles. The topological polar surface area (TPSA) is 25.3 Å². The quantitative estimate of drug-likeness (QED) is 0.238. The summed E-state index contributed by atoms with van der Waals surface area (Å²) < 4.78 is 1.51. The molecule has 0 unspecified atom stereocenters. The lowest BCUT2D eigenvalue weighted by molar-refractivity contribution is -0.345. The van der Waals surface area contributed by atoms with Crippen LogP contribution in [0.15, 0.2) is 59.7 Å². The number of nitrogens with zero attached hydrogens (tertiary/aromatic N) is 2. The molecule has 1 aliphatic heterocycles. The van der Waals surface area contributed by atoms with E-state index in [0.717, 1.165) is 61.0 Å². The molecule has 0 saturated carbocycles. The van der Waals surface area contributed by atoms with Crippen molar-refractivity contribution in [3.8, 4) is 0 Å². The first-order valence-corrected chi connectivity index (χ1v) is 12.7. The zero-order chi connectivity index (χ0) is 22.9. The van der Waals surface area contributed by atoms with Gasteiger partial charge in [0.1, 0.15) is 0 Å². The lowest BCUT2D eigenvalue weighted by Gasteiger charge is -2.11. The largest absolute Gasteiger partial charge is 0.493 e. The number of rotatable bonds is 12. The molecule has 2 heteroatoms. The normalized spacial score (nSPS) is 14.1. The summed E-state index contributed by atoms with van der Waals surface area (Å²) >= 11 is 0. The standard InChI is InChI=1S/C30H40N2/c1-5-8-11-20-28-27(19-10-7-3)30(26-18-13-16-24(22-26)15-9-6-2)32(31)29(28)25-17-12-14-23(4)21-25/h12-14,16-18,21-22H,5-11,15,19-20H2,1-4H3. The zero-order valence-electron chi connectivity index (χ0n) is 20.6. The Kier molecular flexibility index (Phi) is 9.02. The van der Waals surface area contributed by atoms with Crippen LogP contribution in [-0.4, -0.2) is 4.70 Å². The molecular formula is C30H40N2. The highest BCUT2D eigenvalue weighted by Gasteiger charge is 2.35. The van der Waals surface area contributed by atoms with Gasteiger partial charge < -0.3 is 5.53 Å². The fourth-order valence-corrected chi connectivity index (χ4v) is 4.74. The monoisotopic (exact) mass is 428 g/mol. The third-order valence-electron chi connectivity index (χ3n) is 6.48. The number of benzene rings is 2. The summed E-state index contributed by atoms with van der Waals surface area (Å²) in [6, 6.07) is 17.4. The summed E-state index contributed by atoms with van der Waals surface area (Å²) in [5, 5.41) is 0. The highest BCUT2D eigenvalue weighted by atomic mass is 15.2. The van der Waals surface area contributed by atoms with Crippen molar-refractivity contribution in [2.24, 2.45) is 0 Å². The first-order valence-electron chi connectivity index (χ1n) is 12.7. The summed E-state index contributed by atoms with van der Waals surface area (Å²) in [4.78, 5) is 0. The van der Waals surface area contributed by atoms with E-state index in [-0.39, 0.29) is 0 Å². The Morgan fingerprint density at radius 2 is 1.22 bits per heavy atom. The Morgan fingerprint density at radius 1 is 0.656 bits per heavy atom. The van der Waals surface area contributed by atoms with E-state index in [2.05, 4.69) is 76.2 Å². The number of aryl methyl sites for hydroxylation is 2. The summed E-state index contributed by atoms with van der Waals surface area (Å²) in [6.07, 6.45) is 11.4. The molecule has 2 aromatic rings. The van der Waals surface area contributed by atoms with E-state index >= 15 is 0 Å². The molecule has 0 aliphatic carbocycles. The van der Waals surface area contributed by atoms with E-state index in [0.29, 0.717) is 0 Å². The second-order valence-corrected chi connectivity index (χ2v) is 9.20. The second-order valence-electron chi connectivity index (χ2n) is 9.20. The predicted octanol–water partition coefficient (Wildman–Crippen LogP) is 9.28. The molecule has 32 heavy (non-hydrogen) atoms. The van der Waals surface area contributed by atoms with Crippen molar-refractivity contribution in [2.75, 3.05) is 0 Å². The van der Waals surface area contributed by atoms with Crippen molar-refractivity contribution in [1.82, 2.24) is 0 Å². The molecule has 0 N–H and O–H groups in total. The second kappa shape index (κ2) is 11.9. The van der Waals surface area contributed by atoms with E-state index in [1.807, 2.05) is 0 Å². The van der Waals surface area contributed by atoms with E-state index in [9.17, 15) is 5.53 Å². The summed E-state index contributed by atoms with van der Waals surface area (Å²) in [6.45, 7) is 8.87. The van der Waals surface area contributed by atoms with E-state index in [1.54, 1.807) is 0 Å². The minimum atomic E-state index is 0.991. The van der Waals surface area contributed by atoms with E-state index in [4.69, 9.17) is 0 Å². The maximum Gasteiger partial charge on any atom is 0.211 e. The third kappa shape index (κ3) is 5.65. The van der Waals surface area contributed by atoms with Gasteiger partial charge in [-0.2, -0.15) is 0 Å². The van der Waals surface area contributed by atoms with Crippen molar-refractivity contribution in [3.05, 3.63) is 87.5 Å². The fourth-order valence-electron chi connectivity index (χ4n) is 4.74. The van der Waals surface area contributed by atoms with Crippen LogP contribution < -0.4 is 0 Å². The Hall–Kier alpha value is -2.48. The van der Waals surface area contributed by atoms with Crippen LogP contribution in [-0.2, 0) is 6.42 Å². The number of allylic oxidation sites excluding steroid dienone is 2. The molecule has 3 rings (SSSR count). The molecule has 0 bridgehead atoms. The van der Waals surface area contributed by atoms with Crippen molar-refractivity contribution in [1.29, 1.82) is 0 Å². The number of hydrogen-bond acceptors (Lipinski definition) is 0. The van der Waals surface area contributed by atoms with Crippen molar-refractivity contribution < 1.29 is 4.70 Å². The van der Waals surface area contributed by atoms with Gasteiger partial charge in [-0.25, -0.2) is 4.70 Å². The van der Waals surface area contributed by atoms with Gasteiger partial charge in [-0.05, 0) is 75.3 Å². The summed E-state index contributed by atoms with van der Waals surface area (Å²) in [7, 11) is 0. The zero-order valence-corrected chi connectivity index (χ0v) is 20.6. The van der Waals surface area contributed by atoms with Gasteiger partial charge in [0.15, 0.2) is 0 Å². The van der Waals surface area contributed by atoms with Crippen LogP contribution >= 0.6 is 0 Å². The van der Waals surface area contributed by atoms with Crippen LogP contribution in [0.25, 0.3) is 16.9 Å². The molecule has 0 spiro atoms.